The van der Waals surface area contributed by atoms with Gasteiger partial charge in [0.05, 0.1) is 12.0 Å². The highest BCUT2D eigenvalue weighted by Crippen LogP contribution is 2.43. The number of fused-ring (bicyclic) bond motifs is 1. The molecule has 8 nitrogen and oxygen atoms in total. The summed E-state index contributed by atoms with van der Waals surface area (Å²) in [5, 5.41) is 19.7. The number of aliphatic hydroxyl groups is 2. The molecule has 9 heteroatoms. The van der Waals surface area contributed by atoms with E-state index in [9.17, 15) is 15.0 Å². The summed E-state index contributed by atoms with van der Waals surface area (Å²) in [4.78, 5) is 16.7. The number of aromatic nitrogens is 3. The van der Waals surface area contributed by atoms with E-state index in [1.54, 1.807) is 0 Å². The number of nitrogens with two attached hydrogens (primary N) is 1. The number of anilines is 1. The van der Waals surface area contributed by atoms with Gasteiger partial charge in [0.25, 0.3) is 5.56 Å². The Hall–Kier alpha value is -2.05. The second-order valence-corrected chi connectivity index (χ2v) is 5.60. The van der Waals surface area contributed by atoms with Crippen LogP contribution in [0.1, 0.15) is 6.23 Å². The van der Waals surface area contributed by atoms with Crippen LogP contribution in [0.3, 0.4) is 0 Å². The van der Waals surface area contributed by atoms with Crippen LogP contribution in [0.4, 0.5) is 5.95 Å². The van der Waals surface area contributed by atoms with Crippen LogP contribution in [0, 0.1) is 12.3 Å². The van der Waals surface area contributed by atoms with E-state index in [-0.39, 0.29) is 17.0 Å². The highest BCUT2D eigenvalue weighted by atomic mass is 35.5. The van der Waals surface area contributed by atoms with Crippen molar-refractivity contribution in [2.75, 3.05) is 12.3 Å². The Bertz CT molecular complexity index is 826. The van der Waals surface area contributed by atoms with Gasteiger partial charge in [0.15, 0.2) is 16.7 Å². The van der Waals surface area contributed by atoms with Crippen molar-refractivity contribution < 1.29 is 14.9 Å². The molecule has 22 heavy (non-hydrogen) atoms. The van der Waals surface area contributed by atoms with E-state index >= 15 is 0 Å². The standard InChI is InChI=1S/C13H13ClN4O4/c1-2-13(14)8(20)7(5-19)22-11(13)18-4-3-6-9(18)16-12(15)17-10(6)21/h1,3-4,7-8,11,19-20H,5H2,(H3,15,16,17,21)/t7-,8+,11-,13?/m1/s1. The van der Waals surface area contributed by atoms with Crippen molar-refractivity contribution in [2.24, 2.45) is 0 Å². The van der Waals surface area contributed by atoms with Gasteiger partial charge in [-0.2, -0.15) is 4.98 Å². The average molecular weight is 325 g/mol. The number of hydrogen-bond acceptors (Lipinski definition) is 6. The predicted octanol–water partition coefficient (Wildman–Crippen LogP) is -0.832. The van der Waals surface area contributed by atoms with Gasteiger partial charge < -0.3 is 25.3 Å². The fourth-order valence-electron chi connectivity index (χ4n) is 2.57. The number of nitrogen functional groups attached to an aromatic ring is 1. The van der Waals surface area contributed by atoms with Crippen molar-refractivity contribution >= 4 is 28.6 Å². The van der Waals surface area contributed by atoms with Crippen LogP contribution in [0.5, 0.6) is 0 Å². The number of alkyl halides is 1. The second kappa shape index (κ2) is 5.00. The molecule has 0 aromatic carbocycles. The van der Waals surface area contributed by atoms with E-state index in [4.69, 9.17) is 28.5 Å². The van der Waals surface area contributed by atoms with Gasteiger partial charge in [0.2, 0.25) is 5.95 Å². The first-order chi connectivity index (χ1) is 10.4. The number of H-pyrrole nitrogens is 1. The summed E-state index contributed by atoms with van der Waals surface area (Å²) in [7, 11) is 0. The first-order valence-electron chi connectivity index (χ1n) is 6.39. The number of aromatic amines is 1. The van der Waals surface area contributed by atoms with Gasteiger partial charge in [0, 0.05) is 6.20 Å². The summed E-state index contributed by atoms with van der Waals surface area (Å²) < 4.78 is 6.98. The molecule has 0 aliphatic carbocycles. The Labute approximate surface area is 129 Å². The quantitative estimate of drug-likeness (QED) is 0.422. The minimum absolute atomic E-state index is 0.0735. The minimum atomic E-state index is -1.61. The Kier molecular flexibility index (Phi) is 3.38. The molecule has 0 saturated carbocycles. The molecule has 0 amide bonds. The van der Waals surface area contributed by atoms with E-state index in [0.29, 0.717) is 0 Å². The summed E-state index contributed by atoms with van der Waals surface area (Å²) in [6.45, 7) is -0.455. The van der Waals surface area contributed by atoms with Gasteiger partial charge in [0.1, 0.15) is 12.2 Å². The number of nitrogens with zero attached hydrogens (tertiary/aromatic N) is 2. The molecule has 3 heterocycles. The minimum Gasteiger partial charge on any atom is -0.394 e. The number of terminal acetylenes is 1. The van der Waals surface area contributed by atoms with Crippen LogP contribution < -0.4 is 11.3 Å². The number of aliphatic hydroxyl groups excluding tert-OH is 2. The Morgan fingerprint density at radius 1 is 1.68 bits per heavy atom. The topological polar surface area (TPSA) is 126 Å². The van der Waals surface area contributed by atoms with Gasteiger partial charge in [-0.05, 0) is 6.07 Å². The Morgan fingerprint density at radius 2 is 2.41 bits per heavy atom. The van der Waals surface area contributed by atoms with Crippen LogP contribution in [-0.4, -0.2) is 48.4 Å². The van der Waals surface area contributed by atoms with E-state index in [1.165, 1.54) is 16.8 Å². The fourth-order valence-corrected chi connectivity index (χ4v) is 2.87. The molecule has 4 atom stereocenters. The summed E-state index contributed by atoms with van der Waals surface area (Å²) in [6, 6.07) is 1.51. The van der Waals surface area contributed by atoms with E-state index in [1.807, 2.05) is 0 Å². The van der Waals surface area contributed by atoms with Crippen molar-refractivity contribution in [3.63, 3.8) is 0 Å². The number of nitrogens with one attached hydrogen (secondary N) is 1. The zero-order valence-corrected chi connectivity index (χ0v) is 12.0. The van der Waals surface area contributed by atoms with Crippen LogP contribution >= 0.6 is 11.6 Å². The molecule has 2 aromatic heterocycles. The zero-order chi connectivity index (χ0) is 16.1. The molecule has 1 saturated heterocycles. The predicted molar refractivity (Wildman–Crippen MR) is 79.2 cm³/mol. The van der Waals surface area contributed by atoms with Gasteiger partial charge in [-0.25, -0.2) is 0 Å². The lowest BCUT2D eigenvalue weighted by Gasteiger charge is -2.25. The lowest BCUT2D eigenvalue weighted by molar-refractivity contribution is -0.0435. The van der Waals surface area contributed by atoms with Crippen molar-refractivity contribution in [3.05, 3.63) is 22.6 Å². The largest absolute Gasteiger partial charge is 0.394 e. The normalized spacial score (nSPS) is 31.5. The molecule has 0 spiro atoms. The van der Waals surface area contributed by atoms with Crippen LogP contribution in [0.25, 0.3) is 11.0 Å². The molecule has 1 aliphatic heterocycles. The number of rotatable bonds is 2. The van der Waals surface area contributed by atoms with Crippen LogP contribution in [0.2, 0.25) is 0 Å². The van der Waals surface area contributed by atoms with Gasteiger partial charge in [-0.1, -0.05) is 17.5 Å². The summed E-state index contributed by atoms with van der Waals surface area (Å²) >= 11 is 6.33. The number of ether oxygens (including phenoxy) is 1. The third-order valence-corrected chi connectivity index (χ3v) is 4.22. The van der Waals surface area contributed by atoms with Crippen molar-refractivity contribution in [3.8, 4) is 12.3 Å². The Morgan fingerprint density at radius 3 is 3.05 bits per heavy atom. The third kappa shape index (κ3) is 1.91. The molecule has 3 rings (SSSR count). The maximum Gasteiger partial charge on any atom is 0.261 e. The lowest BCUT2D eigenvalue weighted by Crippen LogP contribution is -2.41. The lowest BCUT2D eigenvalue weighted by atomic mass is 9.99. The van der Waals surface area contributed by atoms with Gasteiger partial charge >= 0.3 is 0 Å². The molecule has 1 fully saturated rings. The first kappa shape index (κ1) is 14.9. The molecule has 0 bridgehead atoms. The molecule has 1 unspecified atom stereocenters. The Balaban J connectivity index is 2.19. The molecule has 1 aliphatic rings. The highest BCUT2D eigenvalue weighted by Gasteiger charge is 2.55. The molecule has 2 aromatic rings. The van der Waals surface area contributed by atoms with Gasteiger partial charge in [-0.15, -0.1) is 6.42 Å². The SMILES string of the molecule is C#CC1(Cl)[C@@H](O)[C@@H](CO)O[C@H]1n1ccc2c(=O)[nH]c(N)nc21. The highest BCUT2D eigenvalue weighted by molar-refractivity contribution is 6.27. The maximum absolute atomic E-state index is 11.9. The monoisotopic (exact) mass is 324 g/mol. The second-order valence-electron chi connectivity index (χ2n) is 4.98. The van der Waals surface area contributed by atoms with E-state index in [2.05, 4.69) is 15.9 Å². The van der Waals surface area contributed by atoms with E-state index in [0.717, 1.165) is 0 Å². The van der Waals surface area contributed by atoms with Crippen molar-refractivity contribution in [2.45, 2.75) is 23.3 Å². The summed E-state index contributed by atoms with van der Waals surface area (Å²) in [6.07, 6.45) is 3.71. The number of halogens is 1. The van der Waals surface area contributed by atoms with Crippen LogP contribution in [0.15, 0.2) is 17.1 Å². The molecule has 0 radical (unpaired) electrons. The van der Waals surface area contributed by atoms with E-state index < -0.39 is 35.5 Å². The van der Waals surface area contributed by atoms with Crippen molar-refractivity contribution in [1.82, 2.24) is 14.5 Å². The van der Waals surface area contributed by atoms with Crippen LogP contribution in [-0.2, 0) is 4.74 Å². The maximum atomic E-state index is 11.9. The first-order valence-corrected chi connectivity index (χ1v) is 6.77. The number of hydrogen-bond donors (Lipinski definition) is 4. The molecule has 5 N–H and O–H groups in total. The van der Waals surface area contributed by atoms with Crippen molar-refractivity contribution in [1.29, 1.82) is 0 Å². The molecular formula is C13H13ClN4O4. The molecular weight excluding hydrogens is 312 g/mol. The average Bonchev–Trinajstić information content (AvgIpc) is 3.00. The fraction of sp³-hybridized carbons (Fsp3) is 0.385. The summed E-state index contributed by atoms with van der Waals surface area (Å²) in [5.41, 5.74) is 5.35. The van der Waals surface area contributed by atoms with Gasteiger partial charge in [-0.3, -0.25) is 9.78 Å². The third-order valence-electron chi connectivity index (χ3n) is 3.70. The summed E-state index contributed by atoms with van der Waals surface area (Å²) in [5.74, 6) is 2.23. The zero-order valence-electron chi connectivity index (χ0n) is 11.2. The smallest absolute Gasteiger partial charge is 0.261 e. The molecule has 116 valence electrons.